The second kappa shape index (κ2) is 7.21. The van der Waals surface area contributed by atoms with Crippen molar-refractivity contribution in [3.63, 3.8) is 0 Å². The summed E-state index contributed by atoms with van der Waals surface area (Å²) in [5.41, 5.74) is 4.57. The lowest BCUT2D eigenvalue weighted by molar-refractivity contribution is -0.0498. The molecule has 7 heteroatoms. The summed E-state index contributed by atoms with van der Waals surface area (Å²) in [6.45, 7) is 3.34. The van der Waals surface area contributed by atoms with Crippen molar-refractivity contribution in [1.29, 1.82) is 0 Å². The van der Waals surface area contributed by atoms with Gasteiger partial charge in [-0.1, -0.05) is 17.8 Å². The molecule has 1 aliphatic heterocycles. The number of halogens is 2. The van der Waals surface area contributed by atoms with E-state index < -0.39 is 6.61 Å². The maximum Gasteiger partial charge on any atom is 0.387 e. The predicted molar refractivity (Wildman–Crippen MR) is 82.3 cm³/mol. The van der Waals surface area contributed by atoms with Crippen LogP contribution in [0.1, 0.15) is 12.5 Å². The summed E-state index contributed by atoms with van der Waals surface area (Å²) in [6.07, 6.45) is 1.71. The molecule has 4 nitrogen and oxygen atoms in total. The molecule has 2 rings (SSSR count). The van der Waals surface area contributed by atoms with E-state index in [1.54, 1.807) is 30.0 Å². The third-order valence-corrected chi connectivity index (χ3v) is 3.71. The Bertz CT molecular complexity index is 558. The fourth-order valence-electron chi connectivity index (χ4n) is 1.78. The summed E-state index contributed by atoms with van der Waals surface area (Å²) in [5, 5.41) is 5.15. The molecule has 112 valence electrons. The Morgan fingerprint density at radius 1 is 1.48 bits per heavy atom. The molecule has 0 amide bonds. The van der Waals surface area contributed by atoms with Crippen LogP contribution in [-0.4, -0.2) is 29.3 Å². The molecule has 0 saturated heterocycles. The van der Waals surface area contributed by atoms with E-state index in [0.717, 1.165) is 16.4 Å². The average Bonchev–Trinajstić information content (AvgIpc) is 2.46. The third-order valence-electron chi connectivity index (χ3n) is 2.68. The van der Waals surface area contributed by atoms with E-state index in [0.29, 0.717) is 6.54 Å². The number of aliphatic imine (C=N–C) groups is 1. The third kappa shape index (κ3) is 4.29. The monoisotopic (exact) mass is 311 g/mol. The van der Waals surface area contributed by atoms with Gasteiger partial charge in [0.2, 0.25) is 0 Å². The molecule has 0 spiro atoms. The molecule has 0 bridgehead atoms. The number of ether oxygens (including phenoxy) is 1. The van der Waals surface area contributed by atoms with Crippen molar-refractivity contribution < 1.29 is 13.5 Å². The van der Waals surface area contributed by atoms with E-state index >= 15 is 0 Å². The summed E-state index contributed by atoms with van der Waals surface area (Å²) in [7, 11) is 0. The van der Waals surface area contributed by atoms with Crippen LogP contribution in [0.2, 0.25) is 0 Å². The van der Waals surface area contributed by atoms with Crippen LogP contribution in [0, 0.1) is 0 Å². The first-order chi connectivity index (χ1) is 10.1. The van der Waals surface area contributed by atoms with Crippen molar-refractivity contribution in [2.75, 3.05) is 6.54 Å². The van der Waals surface area contributed by atoms with Gasteiger partial charge in [0.25, 0.3) is 0 Å². The zero-order valence-electron chi connectivity index (χ0n) is 11.4. The Labute approximate surface area is 126 Å². The summed E-state index contributed by atoms with van der Waals surface area (Å²) >= 11 is 1.55. The fraction of sp³-hybridized carbons (Fsp3) is 0.286. The molecule has 1 aromatic rings. The van der Waals surface area contributed by atoms with Crippen LogP contribution in [-0.2, 0) is 0 Å². The minimum absolute atomic E-state index is 0.108. The number of nitrogens with zero attached hydrogens (tertiary/aromatic N) is 2. The standard InChI is InChI=1S/C14H15F2N3OS/c1-3-8-17-14-19-18-12(9(2)21-14)10-4-6-11(7-5-10)20-13(15)16/h3-7,9,13H,1,8H2,2H3,(H,17,19). The molecular formula is C14H15F2N3OS. The van der Waals surface area contributed by atoms with Crippen LogP contribution < -0.4 is 10.2 Å². The fourth-order valence-corrected chi connectivity index (χ4v) is 2.66. The number of alkyl halides is 2. The van der Waals surface area contributed by atoms with Crippen molar-refractivity contribution in [1.82, 2.24) is 5.43 Å². The molecule has 21 heavy (non-hydrogen) atoms. The average molecular weight is 311 g/mol. The number of benzene rings is 1. The Kier molecular flexibility index (Phi) is 5.32. The second-order valence-electron chi connectivity index (χ2n) is 4.21. The highest BCUT2D eigenvalue weighted by atomic mass is 32.2. The molecule has 0 aromatic heterocycles. The topological polar surface area (TPSA) is 46.0 Å². The lowest BCUT2D eigenvalue weighted by Crippen LogP contribution is -2.31. The van der Waals surface area contributed by atoms with Gasteiger partial charge in [-0.25, -0.2) is 0 Å². The van der Waals surface area contributed by atoms with Gasteiger partial charge in [0.05, 0.1) is 17.5 Å². The lowest BCUT2D eigenvalue weighted by Gasteiger charge is -2.21. The number of hydrazone groups is 1. The molecule has 0 radical (unpaired) electrons. The molecule has 0 aliphatic carbocycles. The lowest BCUT2D eigenvalue weighted by atomic mass is 10.1. The van der Waals surface area contributed by atoms with Crippen LogP contribution in [0.25, 0.3) is 0 Å². The Balaban J connectivity index is 2.11. The first-order valence-corrected chi connectivity index (χ1v) is 7.19. The predicted octanol–water partition coefficient (Wildman–Crippen LogP) is 3.26. The minimum Gasteiger partial charge on any atom is -0.435 e. The first kappa shape index (κ1) is 15.5. The number of rotatable bonds is 5. The van der Waals surface area contributed by atoms with Crippen LogP contribution in [0.15, 0.2) is 47.0 Å². The molecule has 1 aliphatic rings. The first-order valence-electron chi connectivity index (χ1n) is 6.31. The van der Waals surface area contributed by atoms with Gasteiger partial charge in [-0.15, -0.1) is 6.58 Å². The molecule has 1 atom stereocenters. The number of nitrogens with one attached hydrogen (secondary N) is 1. The van der Waals surface area contributed by atoms with E-state index in [2.05, 4.69) is 26.8 Å². The summed E-state index contributed by atoms with van der Waals surface area (Å²) in [5.74, 6) is 0.131. The van der Waals surface area contributed by atoms with Crippen LogP contribution in [0.4, 0.5) is 8.78 Å². The molecule has 0 saturated carbocycles. The van der Waals surface area contributed by atoms with Crippen LogP contribution in [0.3, 0.4) is 0 Å². The van der Waals surface area contributed by atoms with Gasteiger partial charge >= 0.3 is 6.61 Å². The van der Waals surface area contributed by atoms with Gasteiger partial charge < -0.3 is 4.74 Å². The van der Waals surface area contributed by atoms with Crippen molar-refractivity contribution in [3.05, 3.63) is 42.5 Å². The van der Waals surface area contributed by atoms with Gasteiger partial charge in [-0.2, -0.15) is 13.9 Å². The van der Waals surface area contributed by atoms with Crippen LogP contribution in [0.5, 0.6) is 5.75 Å². The zero-order valence-corrected chi connectivity index (χ0v) is 12.2. The van der Waals surface area contributed by atoms with E-state index in [1.807, 2.05) is 6.92 Å². The number of hydrogen-bond donors (Lipinski definition) is 1. The van der Waals surface area contributed by atoms with Gasteiger partial charge in [-0.3, -0.25) is 10.4 Å². The maximum atomic E-state index is 12.1. The highest BCUT2D eigenvalue weighted by Crippen LogP contribution is 2.23. The smallest absolute Gasteiger partial charge is 0.387 e. The molecule has 0 fully saturated rings. The zero-order chi connectivity index (χ0) is 15.2. The quantitative estimate of drug-likeness (QED) is 0.849. The Morgan fingerprint density at radius 3 is 2.76 bits per heavy atom. The molecule has 1 unspecified atom stereocenters. The molecule has 1 heterocycles. The van der Waals surface area contributed by atoms with Gasteiger partial charge in [0.15, 0.2) is 5.17 Å². The van der Waals surface area contributed by atoms with Crippen molar-refractivity contribution in [2.24, 2.45) is 10.1 Å². The van der Waals surface area contributed by atoms with E-state index in [9.17, 15) is 8.78 Å². The Hall–Kier alpha value is -1.89. The van der Waals surface area contributed by atoms with Crippen molar-refractivity contribution in [3.8, 4) is 5.75 Å². The van der Waals surface area contributed by atoms with E-state index in [-0.39, 0.29) is 11.0 Å². The number of thioether (sulfide) groups is 1. The van der Waals surface area contributed by atoms with Crippen molar-refractivity contribution in [2.45, 2.75) is 18.8 Å². The van der Waals surface area contributed by atoms with E-state index in [1.165, 1.54) is 12.1 Å². The SMILES string of the molecule is C=CCN=C1NN=C(c2ccc(OC(F)F)cc2)C(C)S1. The van der Waals surface area contributed by atoms with Gasteiger partial charge in [0.1, 0.15) is 5.75 Å². The number of hydrogen-bond acceptors (Lipinski definition) is 4. The largest absolute Gasteiger partial charge is 0.435 e. The summed E-state index contributed by atoms with van der Waals surface area (Å²) in [6, 6.07) is 6.42. The highest BCUT2D eigenvalue weighted by molar-refractivity contribution is 8.15. The summed E-state index contributed by atoms with van der Waals surface area (Å²) in [4.78, 5) is 4.27. The molecular weight excluding hydrogens is 296 g/mol. The van der Waals surface area contributed by atoms with E-state index in [4.69, 9.17) is 0 Å². The number of amidine groups is 1. The molecule has 1 aromatic carbocycles. The van der Waals surface area contributed by atoms with Crippen molar-refractivity contribution >= 4 is 22.6 Å². The maximum absolute atomic E-state index is 12.1. The second-order valence-corrected chi connectivity index (χ2v) is 5.54. The molecule has 1 N–H and O–H groups in total. The minimum atomic E-state index is -2.82. The van der Waals surface area contributed by atoms with Gasteiger partial charge in [-0.05, 0) is 36.8 Å². The Morgan fingerprint density at radius 2 is 2.19 bits per heavy atom. The summed E-state index contributed by atoms with van der Waals surface area (Å²) < 4.78 is 28.5. The normalized spacial score (nSPS) is 20.1. The van der Waals surface area contributed by atoms with Gasteiger partial charge in [0, 0.05) is 0 Å². The highest BCUT2D eigenvalue weighted by Gasteiger charge is 2.21. The van der Waals surface area contributed by atoms with Crippen LogP contribution >= 0.6 is 11.8 Å².